The molecule has 0 radical (unpaired) electrons. The summed E-state index contributed by atoms with van der Waals surface area (Å²) in [5, 5.41) is 22.9. The summed E-state index contributed by atoms with van der Waals surface area (Å²) in [6, 6.07) is 4.96. The molecule has 25 heavy (non-hydrogen) atoms. The molecule has 0 spiro atoms. The second-order valence-corrected chi connectivity index (χ2v) is 7.47. The van der Waals surface area contributed by atoms with Crippen LogP contribution in [0.25, 0.3) is 0 Å². The molecular formula is C19H26N2O4. The third kappa shape index (κ3) is 4.19. The first-order valence-electron chi connectivity index (χ1n) is 8.93. The van der Waals surface area contributed by atoms with E-state index in [0.29, 0.717) is 13.0 Å². The number of carbonyl (C=O) groups excluding carboxylic acids is 1. The lowest BCUT2D eigenvalue weighted by molar-refractivity contribution is -0.129. The van der Waals surface area contributed by atoms with Gasteiger partial charge in [-0.15, -0.1) is 0 Å². The number of hydrogen-bond acceptors (Lipinski definition) is 4. The van der Waals surface area contributed by atoms with Crippen LogP contribution in [-0.2, 0) is 11.2 Å². The maximum Gasteiger partial charge on any atom is 0.335 e. The largest absolute Gasteiger partial charge is 0.478 e. The number of carboxylic acid groups (broad SMARTS) is 1. The van der Waals surface area contributed by atoms with Crippen LogP contribution in [-0.4, -0.2) is 52.7 Å². The molecule has 1 aliphatic carbocycles. The van der Waals surface area contributed by atoms with Crippen LogP contribution in [0.15, 0.2) is 18.2 Å². The molecule has 1 heterocycles. The number of hydrogen-bond donors (Lipinski definition) is 3. The lowest BCUT2D eigenvalue weighted by Gasteiger charge is -2.37. The van der Waals surface area contributed by atoms with Crippen LogP contribution < -0.4 is 5.32 Å². The van der Waals surface area contributed by atoms with Gasteiger partial charge < -0.3 is 20.4 Å². The second-order valence-electron chi connectivity index (χ2n) is 7.47. The number of carbonyl (C=O) groups is 2. The van der Waals surface area contributed by atoms with Crippen molar-refractivity contribution >= 4 is 11.9 Å². The quantitative estimate of drug-likeness (QED) is 0.772. The number of aryl methyl sites for hydroxylation is 1. The zero-order valence-corrected chi connectivity index (χ0v) is 14.6. The number of likely N-dealkylation sites (N-methyl/N-ethyl adjacent to an activating group) is 1. The highest BCUT2D eigenvalue weighted by Crippen LogP contribution is 2.31. The van der Waals surface area contributed by atoms with Crippen LogP contribution >= 0.6 is 0 Å². The van der Waals surface area contributed by atoms with Gasteiger partial charge in [-0.2, -0.15) is 0 Å². The molecule has 3 N–H and O–H groups in total. The van der Waals surface area contributed by atoms with Gasteiger partial charge in [0.1, 0.15) is 0 Å². The number of carboxylic acids is 1. The predicted molar refractivity (Wildman–Crippen MR) is 93.5 cm³/mol. The van der Waals surface area contributed by atoms with Gasteiger partial charge in [0.25, 0.3) is 0 Å². The Kier molecular flexibility index (Phi) is 5.11. The standard InChI is InChI=1S/C19H26N2O4/c1-21-9-3-8-19(25,12-21)11-17(22)20-16-5-2-4-13-6-7-14(18(23)24)10-15(13)16/h6-7,10,16,25H,2-5,8-9,11-12H2,1H3,(H,20,22)(H,23,24). The number of aliphatic hydroxyl groups is 1. The minimum Gasteiger partial charge on any atom is -0.478 e. The van der Waals surface area contributed by atoms with Crippen molar-refractivity contribution in [2.75, 3.05) is 20.1 Å². The Balaban J connectivity index is 1.70. The van der Waals surface area contributed by atoms with E-state index in [-0.39, 0.29) is 23.9 Å². The normalized spacial score (nSPS) is 26.7. The monoisotopic (exact) mass is 346 g/mol. The van der Waals surface area contributed by atoms with E-state index in [1.165, 1.54) is 0 Å². The average Bonchev–Trinajstić information content (AvgIpc) is 2.53. The van der Waals surface area contributed by atoms with Crippen LogP contribution in [0, 0.1) is 0 Å². The number of fused-ring (bicyclic) bond motifs is 1. The van der Waals surface area contributed by atoms with Gasteiger partial charge in [0, 0.05) is 6.54 Å². The molecule has 2 atom stereocenters. The Hall–Kier alpha value is -1.92. The highest BCUT2D eigenvalue weighted by Gasteiger charge is 2.35. The summed E-state index contributed by atoms with van der Waals surface area (Å²) < 4.78 is 0. The molecule has 0 bridgehead atoms. The zero-order valence-electron chi connectivity index (χ0n) is 14.6. The van der Waals surface area contributed by atoms with E-state index < -0.39 is 11.6 Å². The summed E-state index contributed by atoms with van der Waals surface area (Å²) >= 11 is 0. The summed E-state index contributed by atoms with van der Waals surface area (Å²) in [6.07, 6.45) is 4.25. The molecule has 1 aliphatic heterocycles. The van der Waals surface area contributed by atoms with Crippen molar-refractivity contribution in [3.63, 3.8) is 0 Å². The van der Waals surface area contributed by atoms with E-state index in [4.69, 9.17) is 0 Å². The SMILES string of the molecule is CN1CCCC(O)(CC(=O)NC2CCCc3ccc(C(=O)O)cc32)C1. The van der Waals surface area contributed by atoms with Gasteiger partial charge in [-0.25, -0.2) is 4.79 Å². The van der Waals surface area contributed by atoms with Crippen molar-refractivity contribution in [2.24, 2.45) is 0 Å². The van der Waals surface area contributed by atoms with Crippen LogP contribution in [0.4, 0.5) is 0 Å². The Morgan fingerprint density at radius 2 is 2.16 bits per heavy atom. The number of nitrogens with one attached hydrogen (secondary N) is 1. The van der Waals surface area contributed by atoms with Crippen LogP contribution in [0.3, 0.4) is 0 Å². The van der Waals surface area contributed by atoms with Gasteiger partial charge in [-0.3, -0.25) is 4.79 Å². The van der Waals surface area contributed by atoms with Crippen molar-refractivity contribution in [1.29, 1.82) is 0 Å². The minimum absolute atomic E-state index is 0.0851. The van der Waals surface area contributed by atoms with Crippen molar-refractivity contribution < 1.29 is 19.8 Å². The molecule has 1 aromatic carbocycles. The van der Waals surface area contributed by atoms with Crippen LogP contribution in [0.5, 0.6) is 0 Å². The molecule has 1 saturated heterocycles. The first-order chi connectivity index (χ1) is 11.9. The van der Waals surface area contributed by atoms with E-state index in [9.17, 15) is 19.8 Å². The van der Waals surface area contributed by atoms with Crippen molar-refractivity contribution in [3.05, 3.63) is 34.9 Å². The molecule has 1 amide bonds. The fourth-order valence-electron chi connectivity index (χ4n) is 4.11. The van der Waals surface area contributed by atoms with Gasteiger partial charge in [0.15, 0.2) is 0 Å². The summed E-state index contributed by atoms with van der Waals surface area (Å²) in [4.78, 5) is 25.8. The van der Waals surface area contributed by atoms with E-state index in [2.05, 4.69) is 5.32 Å². The second kappa shape index (κ2) is 7.14. The van der Waals surface area contributed by atoms with E-state index in [1.807, 2.05) is 18.0 Å². The van der Waals surface area contributed by atoms with E-state index in [0.717, 1.165) is 43.4 Å². The number of benzene rings is 1. The summed E-state index contributed by atoms with van der Waals surface area (Å²) in [7, 11) is 1.95. The zero-order chi connectivity index (χ0) is 18.0. The topological polar surface area (TPSA) is 89.9 Å². The Labute approximate surface area is 147 Å². The highest BCUT2D eigenvalue weighted by molar-refractivity contribution is 5.88. The van der Waals surface area contributed by atoms with Crippen molar-refractivity contribution in [3.8, 4) is 0 Å². The summed E-state index contributed by atoms with van der Waals surface area (Å²) in [6.45, 7) is 1.45. The number of nitrogens with zero attached hydrogens (tertiary/aromatic N) is 1. The number of likely N-dealkylation sites (tertiary alicyclic amines) is 1. The fraction of sp³-hybridized carbons (Fsp3) is 0.579. The molecule has 6 nitrogen and oxygen atoms in total. The van der Waals surface area contributed by atoms with Crippen LogP contribution in [0.2, 0.25) is 0 Å². The average molecular weight is 346 g/mol. The van der Waals surface area contributed by atoms with E-state index >= 15 is 0 Å². The molecule has 2 aliphatic rings. The number of β-amino-alcohol motifs (C(OH)–C–C–N with tert-alkyl or cyclic N) is 1. The van der Waals surface area contributed by atoms with Gasteiger partial charge in [-0.05, 0) is 69.0 Å². The maximum absolute atomic E-state index is 12.5. The van der Waals surface area contributed by atoms with Gasteiger partial charge >= 0.3 is 5.97 Å². The molecule has 6 heteroatoms. The number of amides is 1. The van der Waals surface area contributed by atoms with Gasteiger partial charge in [0.2, 0.25) is 5.91 Å². The first-order valence-corrected chi connectivity index (χ1v) is 8.93. The lowest BCUT2D eigenvalue weighted by atomic mass is 9.85. The molecule has 0 saturated carbocycles. The molecule has 2 unspecified atom stereocenters. The molecule has 136 valence electrons. The Bertz CT molecular complexity index is 675. The third-order valence-electron chi connectivity index (χ3n) is 5.28. The Morgan fingerprint density at radius 1 is 1.36 bits per heavy atom. The van der Waals surface area contributed by atoms with Gasteiger partial charge in [0.05, 0.1) is 23.6 Å². The maximum atomic E-state index is 12.5. The van der Waals surface area contributed by atoms with Crippen molar-refractivity contribution in [1.82, 2.24) is 10.2 Å². The van der Waals surface area contributed by atoms with Crippen LogP contribution in [0.1, 0.15) is 59.6 Å². The fourth-order valence-corrected chi connectivity index (χ4v) is 4.11. The number of rotatable bonds is 4. The molecule has 3 rings (SSSR count). The summed E-state index contributed by atoms with van der Waals surface area (Å²) in [5.41, 5.74) is 1.26. The smallest absolute Gasteiger partial charge is 0.335 e. The molecule has 1 fully saturated rings. The number of aromatic carboxylic acids is 1. The third-order valence-corrected chi connectivity index (χ3v) is 5.28. The van der Waals surface area contributed by atoms with Gasteiger partial charge in [-0.1, -0.05) is 6.07 Å². The van der Waals surface area contributed by atoms with E-state index in [1.54, 1.807) is 12.1 Å². The van der Waals surface area contributed by atoms with Crippen molar-refractivity contribution in [2.45, 2.75) is 50.2 Å². The predicted octanol–water partition coefficient (Wildman–Crippen LogP) is 1.73. The molecule has 1 aromatic rings. The lowest BCUT2D eigenvalue weighted by Crippen LogP contribution is -2.49. The summed E-state index contributed by atoms with van der Waals surface area (Å²) in [5.74, 6) is -1.13. The first kappa shape index (κ1) is 17.9. The highest BCUT2D eigenvalue weighted by atomic mass is 16.4. The Morgan fingerprint density at radius 3 is 2.88 bits per heavy atom. The molecule has 0 aromatic heterocycles. The minimum atomic E-state index is -0.975. The number of piperidine rings is 1. The molecular weight excluding hydrogens is 320 g/mol.